The molecule has 3 rings (SSSR count). The van der Waals surface area contributed by atoms with E-state index in [1.54, 1.807) is 6.20 Å². The van der Waals surface area contributed by atoms with Crippen molar-refractivity contribution < 1.29 is 0 Å². The topological polar surface area (TPSA) is 56.0 Å². The third-order valence-electron chi connectivity index (χ3n) is 2.39. The second-order valence-corrected chi connectivity index (χ2v) is 3.58. The predicted octanol–water partition coefficient (Wildman–Crippen LogP) is 1.49. The van der Waals surface area contributed by atoms with Crippen LogP contribution in [0.2, 0.25) is 0 Å². The summed E-state index contributed by atoms with van der Waals surface area (Å²) in [5, 5.41) is 11.8. The van der Waals surface area contributed by atoms with Crippen molar-refractivity contribution in [3.63, 3.8) is 0 Å². The van der Waals surface area contributed by atoms with Crippen molar-refractivity contribution in [3.05, 3.63) is 42.4 Å². The summed E-state index contributed by atoms with van der Waals surface area (Å²) in [7, 11) is 0. The molecule has 0 aliphatic rings. The highest BCUT2D eigenvalue weighted by atomic mass is 15.4. The first-order valence-electron chi connectivity index (χ1n) is 4.93. The van der Waals surface area contributed by atoms with Gasteiger partial charge >= 0.3 is 0 Å². The monoisotopic (exact) mass is 211 g/mol. The summed E-state index contributed by atoms with van der Waals surface area (Å²) in [6.45, 7) is 2.05. The van der Waals surface area contributed by atoms with E-state index in [1.165, 1.54) is 16.4 Å². The Morgan fingerprint density at radius 1 is 1.12 bits per heavy atom. The minimum atomic E-state index is 0.512. The van der Waals surface area contributed by atoms with Gasteiger partial charge in [0.15, 0.2) is 0 Å². The van der Waals surface area contributed by atoms with E-state index in [1.807, 2.05) is 24.3 Å². The minimum Gasteiger partial charge on any atom is -0.208 e. The summed E-state index contributed by atoms with van der Waals surface area (Å²) in [4.78, 5) is 4.36. The van der Waals surface area contributed by atoms with Crippen LogP contribution in [0.25, 0.3) is 17.0 Å². The first-order chi connectivity index (χ1) is 7.83. The molecule has 0 aliphatic carbocycles. The fraction of sp³-hybridized carbons (Fsp3) is 0.0909. The average molecular weight is 211 g/mol. The normalized spacial score (nSPS) is 10.8. The lowest BCUT2D eigenvalue weighted by Gasteiger charge is -2.00. The first kappa shape index (κ1) is 8.96. The quantitative estimate of drug-likeness (QED) is 0.612. The highest BCUT2D eigenvalue weighted by Gasteiger charge is 2.03. The number of benzene rings is 1. The summed E-state index contributed by atoms with van der Waals surface area (Å²) < 4.78 is 1.54. The van der Waals surface area contributed by atoms with Crippen molar-refractivity contribution in [1.82, 2.24) is 24.8 Å². The number of hydrogen-bond acceptors (Lipinski definition) is 4. The molecule has 0 saturated carbocycles. The van der Waals surface area contributed by atoms with Crippen molar-refractivity contribution in [3.8, 4) is 11.3 Å². The Hall–Kier alpha value is -2.30. The molecular formula is C11H9N5. The van der Waals surface area contributed by atoms with Crippen molar-refractivity contribution in [1.29, 1.82) is 0 Å². The molecule has 0 bridgehead atoms. The third kappa shape index (κ3) is 1.42. The van der Waals surface area contributed by atoms with Crippen molar-refractivity contribution in [2.24, 2.45) is 0 Å². The maximum absolute atomic E-state index is 4.36. The Balaban J connectivity index is 2.14. The average Bonchev–Trinajstić information content (AvgIpc) is 2.77. The lowest BCUT2D eigenvalue weighted by atomic mass is 10.1. The molecule has 16 heavy (non-hydrogen) atoms. The van der Waals surface area contributed by atoms with E-state index >= 15 is 0 Å². The van der Waals surface area contributed by atoms with Crippen LogP contribution in [-0.4, -0.2) is 24.8 Å². The molecule has 5 heteroatoms. The molecule has 0 aliphatic heterocycles. The summed E-state index contributed by atoms with van der Waals surface area (Å²) in [6.07, 6.45) is 3.24. The van der Waals surface area contributed by atoms with Crippen molar-refractivity contribution in [2.45, 2.75) is 6.92 Å². The zero-order valence-electron chi connectivity index (χ0n) is 8.70. The highest BCUT2D eigenvalue weighted by molar-refractivity contribution is 5.59. The van der Waals surface area contributed by atoms with Gasteiger partial charge in [-0.25, -0.2) is 4.98 Å². The Labute approximate surface area is 91.8 Å². The Bertz CT molecular complexity index is 626. The maximum atomic E-state index is 4.36. The Kier molecular flexibility index (Phi) is 1.89. The van der Waals surface area contributed by atoms with Crippen LogP contribution in [0.5, 0.6) is 0 Å². The number of rotatable bonds is 1. The van der Waals surface area contributed by atoms with Crippen molar-refractivity contribution in [2.75, 3.05) is 0 Å². The summed E-state index contributed by atoms with van der Waals surface area (Å²) in [5.74, 6) is 0.512. The van der Waals surface area contributed by atoms with Gasteiger partial charge < -0.3 is 0 Å². The van der Waals surface area contributed by atoms with Gasteiger partial charge in [-0.05, 0) is 6.92 Å². The number of fused-ring (bicyclic) bond motifs is 1. The van der Waals surface area contributed by atoms with Gasteiger partial charge in [-0.15, -0.1) is 10.2 Å². The number of aryl methyl sites for hydroxylation is 1. The molecule has 1 aromatic carbocycles. The zero-order chi connectivity index (χ0) is 11.0. The van der Waals surface area contributed by atoms with E-state index in [0.29, 0.717) is 5.78 Å². The van der Waals surface area contributed by atoms with E-state index in [4.69, 9.17) is 0 Å². The van der Waals surface area contributed by atoms with Crippen LogP contribution in [0.4, 0.5) is 0 Å². The largest absolute Gasteiger partial charge is 0.272 e. The summed E-state index contributed by atoms with van der Waals surface area (Å²) in [5.41, 5.74) is 3.06. The molecule has 0 amide bonds. The minimum absolute atomic E-state index is 0.512. The molecule has 0 atom stereocenters. The van der Waals surface area contributed by atoms with Gasteiger partial charge in [0.05, 0.1) is 11.9 Å². The molecule has 3 aromatic rings. The molecule has 0 spiro atoms. The number of aromatic nitrogens is 5. The Morgan fingerprint density at radius 2 is 1.94 bits per heavy atom. The van der Waals surface area contributed by atoms with E-state index < -0.39 is 0 Å². The van der Waals surface area contributed by atoms with Crippen LogP contribution >= 0.6 is 0 Å². The van der Waals surface area contributed by atoms with Gasteiger partial charge in [-0.1, -0.05) is 29.8 Å². The lowest BCUT2D eigenvalue weighted by molar-refractivity contribution is 0.901. The molecule has 0 radical (unpaired) electrons. The molecule has 78 valence electrons. The van der Waals surface area contributed by atoms with Crippen LogP contribution in [-0.2, 0) is 0 Å². The number of hydrogen-bond donors (Lipinski definition) is 0. The Morgan fingerprint density at radius 3 is 2.75 bits per heavy atom. The first-order valence-corrected chi connectivity index (χ1v) is 4.93. The second kappa shape index (κ2) is 3.37. The zero-order valence-corrected chi connectivity index (χ0v) is 8.70. The highest BCUT2D eigenvalue weighted by Crippen LogP contribution is 2.16. The molecule has 0 fully saturated rings. The third-order valence-corrected chi connectivity index (χ3v) is 2.39. The van der Waals surface area contributed by atoms with Gasteiger partial charge in [0.2, 0.25) is 0 Å². The molecule has 5 nitrogen and oxygen atoms in total. The van der Waals surface area contributed by atoms with Crippen LogP contribution in [0, 0.1) is 6.92 Å². The molecule has 0 N–H and O–H groups in total. The molecule has 2 aromatic heterocycles. The fourth-order valence-electron chi connectivity index (χ4n) is 1.50. The predicted molar refractivity (Wildman–Crippen MR) is 58.8 cm³/mol. The van der Waals surface area contributed by atoms with E-state index in [9.17, 15) is 0 Å². The van der Waals surface area contributed by atoms with E-state index in [2.05, 4.69) is 27.2 Å². The molecule has 0 unspecified atom stereocenters. The van der Waals surface area contributed by atoms with Crippen LogP contribution in [0.1, 0.15) is 5.56 Å². The van der Waals surface area contributed by atoms with Gasteiger partial charge in [-0.2, -0.15) is 9.61 Å². The van der Waals surface area contributed by atoms with Gasteiger partial charge in [0, 0.05) is 5.56 Å². The smallest absolute Gasteiger partial charge is 0.208 e. The van der Waals surface area contributed by atoms with Crippen LogP contribution in [0.15, 0.2) is 36.8 Å². The van der Waals surface area contributed by atoms with E-state index in [-0.39, 0.29) is 0 Å². The summed E-state index contributed by atoms with van der Waals surface area (Å²) in [6, 6.07) is 8.13. The standard InChI is InChI=1S/C11H9N5/c1-8-2-4-9(5-3-8)10-6-13-16-7-12-15-11(16)14-10/h2-7H,1H3. The van der Waals surface area contributed by atoms with Crippen LogP contribution < -0.4 is 0 Å². The maximum Gasteiger partial charge on any atom is 0.272 e. The molecule has 0 saturated heterocycles. The van der Waals surface area contributed by atoms with Gasteiger partial charge in [0.1, 0.15) is 6.33 Å². The van der Waals surface area contributed by atoms with E-state index in [0.717, 1.165) is 11.3 Å². The lowest BCUT2D eigenvalue weighted by Crippen LogP contribution is -1.95. The van der Waals surface area contributed by atoms with Crippen molar-refractivity contribution >= 4 is 5.78 Å². The number of nitrogens with zero attached hydrogens (tertiary/aromatic N) is 5. The van der Waals surface area contributed by atoms with Crippen LogP contribution in [0.3, 0.4) is 0 Å². The molecule has 2 heterocycles. The fourth-order valence-corrected chi connectivity index (χ4v) is 1.50. The van der Waals surface area contributed by atoms with Gasteiger partial charge in [0.25, 0.3) is 5.78 Å². The second-order valence-electron chi connectivity index (χ2n) is 3.58. The summed E-state index contributed by atoms with van der Waals surface area (Å²) >= 11 is 0. The van der Waals surface area contributed by atoms with Gasteiger partial charge in [-0.3, -0.25) is 0 Å². The SMILES string of the molecule is Cc1ccc(-c2cnn3cnnc3n2)cc1. The molecular weight excluding hydrogens is 202 g/mol.